The molecule has 0 amide bonds. The van der Waals surface area contributed by atoms with Crippen molar-refractivity contribution >= 4 is 0 Å². The number of hydrogen-bond acceptors (Lipinski definition) is 0. The zero-order valence-electron chi connectivity index (χ0n) is 7.26. The van der Waals surface area contributed by atoms with Gasteiger partial charge in [-0.05, 0) is 12.5 Å². The maximum Gasteiger partial charge on any atom is 0 e. The molecule has 0 aromatic heterocycles. The van der Waals surface area contributed by atoms with Gasteiger partial charge in [0, 0.05) is 19.5 Å². The summed E-state index contributed by atoms with van der Waals surface area (Å²) >= 11 is 0. The topological polar surface area (TPSA) is 0 Å². The van der Waals surface area contributed by atoms with Crippen LogP contribution in [0.1, 0.15) is 23.1 Å². The van der Waals surface area contributed by atoms with E-state index in [0.29, 0.717) is 0 Å². The van der Waals surface area contributed by atoms with Crippen molar-refractivity contribution in [3.8, 4) is 0 Å². The number of hydrogen-bond donors (Lipinski definition) is 0. The van der Waals surface area contributed by atoms with E-state index < -0.39 is 0 Å². The molecule has 0 bridgehead atoms. The van der Waals surface area contributed by atoms with Crippen LogP contribution in [-0.4, -0.2) is 0 Å². The Hall–Kier alpha value is -0.157. The molecule has 1 radical (unpaired) electrons. The fraction of sp³-hybridized carbons (Fsp3) is 0.364. The molecule has 0 unspecified atom stereocenters. The molecule has 1 aromatic carbocycles. The summed E-state index contributed by atoms with van der Waals surface area (Å²) in [6, 6.07) is 6.79. The van der Waals surface area contributed by atoms with Crippen LogP contribution in [0.25, 0.3) is 0 Å². The summed E-state index contributed by atoms with van der Waals surface area (Å²) in [5.41, 5.74) is 4.49. The van der Waals surface area contributed by atoms with Gasteiger partial charge >= 0.3 is 0 Å². The summed E-state index contributed by atoms with van der Waals surface area (Å²) in [4.78, 5) is 0. The smallest absolute Gasteiger partial charge is 0 e. The third-order valence-corrected chi connectivity index (χ3v) is 2.34. The summed E-state index contributed by atoms with van der Waals surface area (Å²) < 4.78 is 0. The molecular formula is C11H13Rh-. The molecule has 2 rings (SSSR count). The molecule has 0 atom stereocenters. The third-order valence-electron chi connectivity index (χ3n) is 2.34. The van der Waals surface area contributed by atoms with Gasteiger partial charge in [-0.25, -0.2) is 0 Å². The van der Waals surface area contributed by atoms with Gasteiger partial charge < -0.3 is 6.42 Å². The summed E-state index contributed by atoms with van der Waals surface area (Å²) in [7, 11) is 0. The molecule has 12 heavy (non-hydrogen) atoms. The van der Waals surface area contributed by atoms with Gasteiger partial charge in [0.05, 0.1) is 0 Å². The Kier molecular flexibility index (Phi) is 3.46. The van der Waals surface area contributed by atoms with Crippen LogP contribution in [0.3, 0.4) is 0 Å². The minimum atomic E-state index is 0. The van der Waals surface area contributed by atoms with E-state index >= 15 is 0 Å². The summed E-state index contributed by atoms with van der Waals surface area (Å²) in [5.74, 6) is 0. The van der Waals surface area contributed by atoms with Crippen LogP contribution in [0, 0.1) is 13.3 Å². The Balaban J connectivity index is 0.000000720. The first-order valence-corrected chi connectivity index (χ1v) is 4.26. The molecule has 1 aliphatic rings. The number of rotatable bonds is 0. The molecule has 0 heterocycles. The van der Waals surface area contributed by atoms with Crippen molar-refractivity contribution in [2.24, 2.45) is 0 Å². The van der Waals surface area contributed by atoms with E-state index in [1.807, 2.05) is 0 Å². The second-order valence-electron chi connectivity index (χ2n) is 3.30. The largest absolute Gasteiger partial charge is 0.324 e. The second-order valence-corrected chi connectivity index (χ2v) is 3.30. The van der Waals surface area contributed by atoms with Crippen molar-refractivity contribution in [2.75, 3.05) is 0 Å². The van der Waals surface area contributed by atoms with Crippen LogP contribution in [0.2, 0.25) is 0 Å². The molecule has 67 valence electrons. The predicted octanol–water partition coefficient (Wildman–Crippen LogP) is 2.69. The van der Waals surface area contributed by atoms with Crippen molar-refractivity contribution in [3.05, 3.63) is 41.3 Å². The van der Waals surface area contributed by atoms with Crippen molar-refractivity contribution in [3.63, 3.8) is 0 Å². The molecule has 0 nitrogen and oxygen atoms in total. The Morgan fingerprint density at radius 1 is 1.25 bits per heavy atom. The first-order chi connectivity index (χ1) is 5.36. The minimum Gasteiger partial charge on any atom is -0.324 e. The maximum absolute atomic E-state index is 2.37. The normalized spacial score (nSPS) is 14.8. The van der Waals surface area contributed by atoms with Crippen LogP contribution < -0.4 is 0 Å². The first kappa shape index (κ1) is 9.93. The molecule has 1 aliphatic carbocycles. The van der Waals surface area contributed by atoms with Gasteiger partial charge in [-0.1, -0.05) is 35.7 Å². The Bertz CT molecular complexity index is 266. The van der Waals surface area contributed by atoms with Gasteiger partial charge in [0.2, 0.25) is 0 Å². The predicted molar refractivity (Wildman–Crippen MR) is 47.5 cm³/mol. The van der Waals surface area contributed by atoms with Gasteiger partial charge in [0.1, 0.15) is 0 Å². The van der Waals surface area contributed by atoms with Gasteiger partial charge in [0.25, 0.3) is 0 Å². The molecule has 0 fully saturated rings. The van der Waals surface area contributed by atoms with Crippen LogP contribution in [-0.2, 0) is 32.3 Å². The Labute approximate surface area is 87.1 Å². The SMILES string of the molecule is Cc1ccc2c(c1)CC[CH-]C2.[Rh]. The van der Waals surface area contributed by atoms with E-state index in [0.717, 1.165) is 0 Å². The van der Waals surface area contributed by atoms with Gasteiger partial charge in [-0.15, -0.1) is 0 Å². The molecule has 0 saturated carbocycles. The standard InChI is InChI=1S/C11H13.Rh/c1-9-6-7-10-4-2-3-5-11(10)8-9;/h2,6-8H,3-5H2,1H3;/q-1;. The average molecular weight is 248 g/mol. The van der Waals surface area contributed by atoms with E-state index in [1.54, 1.807) is 5.56 Å². The van der Waals surface area contributed by atoms with Crippen molar-refractivity contribution in [2.45, 2.75) is 26.2 Å². The fourth-order valence-corrected chi connectivity index (χ4v) is 1.70. The number of fused-ring (bicyclic) bond motifs is 1. The van der Waals surface area contributed by atoms with E-state index in [2.05, 4.69) is 31.5 Å². The minimum absolute atomic E-state index is 0. The summed E-state index contributed by atoms with van der Waals surface area (Å²) in [6.45, 7) is 2.17. The van der Waals surface area contributed by atoms with Crippen LogP contribution in [0.5, 0.6) is 0 Å². The van der Waals surface area contributed by atoms with Crippen LogP contribution in [0.4, 0.5) is 0 Å². The van der Waals surface area contributed by atoms with E-state index in [9.17, 15) is 0 Å². The average Bonchev–Trinajstić information content (AvgIpc) is 2.04. The van der Waals surface area contributed by atoms with Gasteiger partial charge in [-0.2, -0.15) is 12.8 Å². The molecule has 0 saturated heterocycles. The third kappa shape index (κ3) is 1.96. The monoisotopic (exact) mass is 248 g/mol. The molecule has 1 aromatic rings. The van der Waals surface area contributed by atoms with Crippen LogP contribution >= 0.6 is 0 Å². The van der Waals surface area contributed by atoms with Crippen molar-refractivity contribution < 1.29 is 19.5 Å². The number of benzene rings is 1. The molecule has 0 spiro atoms. The van der Waals surface area contributed by atoms with Gasteiger partial charge in [0.15, 0.2) is 0 Å². The molecular weight excluding hydrogens is 235 g/mol. The van der Waals surface area contributed by atoms with E-state index in [4.69, 9.17) is 0 Å². The van der Waals surface area contributed by atoms with Crippen LogP contribution in [0.15, 0.2) is 18.2 Å². The Morgan fingerprint density at radius 3 is 2.92 bits per heavy atom. The second kappa shape index (κ2) is 4.19. The molecule has 0 N–H and O–H groups in total. The zero-order valence-corrected chi connectivity index (χ0v) is 8.90. The summed E-state index contributed by atoms with van der Waals surface area (Å²) in [5, 5.41) is 0. The number of aryl methyl sites for hydroxylation is 2. The summed E-state index contributed by atoms with van der Waals surface area (Å²) in [6.07, 6.45) is 6.06. The Morgan fingerprint density at radius 2 is 2.08 bits per heavy atom. The van der Waals surface area contributed by atoms with Crippen molar-refractivity contribution in [1.29, 1.82) is 0 Å². The first-order valence-electron chi connectivity index (χ1n) is 4.26. The van der Waals surface area contributed by atoms with Crippen molar-refractivity contribution in [1.82, 2.24) is 0 Å². The fourth-order valence-electron chi connectivity index (χ4n) is 1.70. The quantitative estimate of drug-likeness (QED) is 0.489. The van der Waals surface area contributed by atoms with E-state index in [-0.39, 0.29) is 19.5 Å². The maximum atomic E-state index is 2.37. The molecule has 1 heteroatoms. The molecule has 0 aliphatic heterocycles. The zero-order chi connectivity index (χ0) is 7.68. The van der Waals surface area contributed by atoms with E-state index in [1.165, 1.54) is 30.4 Å². The van der Waals surface area contributed by atoms with Gasteiger partial charge in [-0.3, -0.25) is 0 Å².